The number of anilines is 1. The van der Waals surface area contributed by atoms with Crippen molar-refractivity contribution in [2.24, 2.45) is 5.92 Å². The Balaban J connectivity index is 1.94. The van der Waals surface area contributed by atoms with Crippen LogP contribution in [0.1, 0.15) is 24.2 Å². The number of carbonyl (C=O) groups is 1. The molecule has 8 nitrogen and oxygen atoms in total. The van der Waals surface area contributed by atoms with Crippen LogP contribution < -0.4 is 9.46 Å². The first kappa shape index (κ1) is 26.3. The number of rotatable bonds is 4. The van der Waals surface area contributed by atoms with Crippen LogP contribution in [0.5, 0.6) is 5.75 Å². The van der Waals surface area contributed by atoms with Crippen LogP contribution in [0.4, 0.5) is 5.69 Å². The zero-order valence-corrected chi connectivity index (χ0v) is 21.7. The second-order valence-corrected chi connectivity index (χ2v) is 10.9. The number of ether oxygens (including phenoxy) is 2. The van der Waals surface area contributed by atoms with Gasteiger partial charge in [0.05, 0.1) is 22.3 Å². The molecule has 0 saturated heterocycles. The summed E-state index contributed by atoms with van der Waals surface area (Å²) >= 11 is 5.87. The highest BCUT2D eigenvalue weighted by Gasteiger charge is 2.27. The van der Waals surface area contributed by atoms with Crippen molar-refractivity contribution in [1.29, 1.82) is 0 Å². The molecular formula is C24H32ClN3O5S. The Bertz CT molecular complexity index is 1110. The first-order chi connectivity index (χ1) is 16.0. The van der Waals surface area contributed by atoms with E-state index in [1.807, 2.05) is 14.0 Å². The maximum atomic E-state index is 13.2. The van der Waals surface area contributed by atoms with Gasteiger partial charge in [-0.2, -0.15) is 0 Å². The number of likely N-dealkylation sites (N-methyl/N-ethyl adjacent to an activating group) is 2. The molecule has 0 aromatic heterocycles. The van der Waals surface area contributed by atoms with E-state index in [4.69, 9.17) is 21.1 Å². The lowest BCUT2D eigenvalue weighted by molar-refractivity contribution is 0.0150. The van der Waals surface area contributed by atoms with Crippen LogP contribution in [-0.4, -0.2) is 77.2 Å². The maximum Gasteiger partial charge on any atom is 0.261 e. The molecule has 10 heteroatoms. The van der Waals surface area contributed by atoms with Gasteiger partial charge >= 0.3 is 0 Å². The minimum Gasteiger partial charge on any atom is -0.491 e. The number of nitrogens with zero attached hydrogens (tertiary/aromatic N) is 2. The highest BCUT2D eigenvalue weighted by atomic mass is 35.5. The van der Waals surface area contributed by atoms with E-state index in [9.17, 15) is 13.2 Å². The molecule has 3 atom stereocenters. The number of hydrogen-bond acceptors (Lipinski definition) is 6. The van der Waals surface area contributed by atoms with E-state index in [-0.39, 0.29) is 28.9 Å². The van der Waals surface area contributed by atoms with Crippen molar-refractivity contribution in [1.82, 2.24) is 9.80 Å². The Morgan fingerprint density at radius 1 is 1.09 bits per heavy atom. The molecule has 0 bridgehead atoms. The van der Waals surface area contributed by atoms with E-state index in [2.05, 4.69) is 16.5 Å². The summed E-state index contributed by atoms with van der Waals surface area (Å²) in [6.45, 7) is 5.68. The maximum absolute atomic E-state index is 13.2. The van der Waals surface area contributed by atoms with Gasteiger partial charge in [-0.3, -0.25) is 14.4 Å². The van der Waals surface area contributed by atoms with Crippen LogP contribution in [0.25, 0.3) is 0 Å². The highest BCUT2D eigenvalue weighted by Crippen LogP contribution is 2.28. The van der Waals surface area contributed by atoms with Gasteiger partial charge in [0.15, 0.2) is 0 Å². The third-order valence-corrected chi connectivity index (χ3v) is 7.78. The molecule has 1 N–H and O–H groups in total. The smallest absolute Gasteiger partial charge is 0.261 e. The van der Waals surface area contributed by atoms with Crippen LogP contribution in [0, 0.1) is 5.92 Å². The number of carbonyl (C=O) groups excluding carboxylic acids is 1. The predicted octanol–water partition coefficient (Wildman–Crippen LogP) is 3.58. The quantitative estimate of drug-likeness (QED) is 0.677. The van der Waals surface area contributed by atoms with Crippen molar-refractivity contribution in [2.75, 3.05) is 45.6 Å². The Kier molecular flexibility index (Phi) is 8.46. The lowest BCUT2D eigenvalue weighted by Gasteiger charge is -2.34. The molecule has 34 heavy (non-hydrogen) atoms. The topological polar surface area (TPSA) is 88.2 Å². The summed E-state index contributed by atoms with van der Waals surface area (Å²) in [7, 11) is 1.56. The first-order valence-corrected chi connectivity index (χ1v) is 12.9. The van der Waals surface area contributed by atoms with Crippen LogP contribution in [0.2, 0.25) is 5.02 Å². The second kappa shape index (κ2) is 10.9. The fourth-order valence-corrected chi connectivity index (χ4v) is 5.02. The predicted molar refractivity (Wildman–Crippen MR) is 133 cm³/mol. The SMILES string of the molecule is CO[C@@H]1CN(C)C(=O)c2ccc(NS(=O)(=O)c3ccc(Cl)cc3)cc2OC[C@H](C)N(C)C[C@H]1C. The molecule has 1 aliphatic heterocycles. The van der Waals surface area contributed by atoms with Gasteiger partial charge < -0.3 is 14.4 Å². The first-order valence-electron chi connectivity index (χ1n) is 11.1. The highest BCUT2D eigenvalue weighted by molar-refractivity contribution is 7.92. The third-order valence-electron chi connectivity index (χ3n) is 6.13. The van der Waals surface area contributed by atoms with Gasteiger partial charge in [0, 0.05) is 44.4 Å². The van der Waals surface area contributed by atoms with Crippen LogP contribution in [-0.2, 0) is 14.8 Å². The largest absolute Gasteiger partial charge is 0.491 e. The summed E-state index contributed by atoms with van der Waals surface area (Å²) in [5.41, 5.74) is 0.649. The lowest BCUT2D eigenvalue weighted by atomic mass is 10.0. The monoisotopic (exact) mass is 509 g/mol. The zero-order valence-electron chi connectivity index (χ0n) is 20.1. The molecule has 2 aromatic rings. The van der Waals surface area contributed by atoms with Gasteiger partial charge in [0.1, 0.15) is 12.4 Å². The van der Waals surface area contributed by atoms with E-state index >= 15 is 0 Å². The minimum absolute atomic E-state index is 0.0643. The van der Waals surface area contributed by atoms with E-state index in [1.165, 1.54) is 24.3 Å². The zero-order chi connectivity index (χ0) is 25.0. The van der Waals surface area contributed by atoms with Gasteiger partial charge in [-0.15, -0.1) is 0 Å². The molecule has 1 amide bonds. The normalized spacial score (nSPS) is 22.8. The summed E-state index contributed by atoms with van der Waals surface area (Å²) in [6, 6.07) is 10.6. The summed E-state index contributed by atoms with van der Waals surface area (Å²) in [5, 5.41) is 0.443. The molecule has 1 aliphatic rings. The van der Waals surface area contributed by atoms with Gasteiger partial charge in [-0.05, 0) is 56.3 Å². The van der Waals surface area contributed by atoms with Crippen molar-refractivity contribution in [3.63, 3.8) is 0 Å². The number of nitrogens with one attached hydrogen (secondary N) is 1. The Morgan fingerprint density at radius 3 is 2.41 bits per heavy atom. The molecule has 0 saturated carbocycles. The fraction of sp³-hybridized carbons (Fsp3) is 0.458. The number of amides is 1. The Morgan fingerprint density at radius 2 is 1.76 bits per heavy atom. The van der Waals surface area contributed by atoms with Crippen LogP contribution in [0.3, 0.4) is 0 Å². The van der Waals surface area contributed by atoms with Crippen molar-refractivity contribution in [2.45, 2.75) is 30.9 Å². The Hall–Kier alpha value is -2.33. The van der Waals surface area contributed by atoms with Gasteiger partial charge in [0.25, 0.3) is 15.9 Å². The van der Waals surface area contributed by atoms with Crippen LogP contribution >= 0.6 is 11.6 Å². The molecule has 1 heterocycles. The molecular weight excluding hydrogens is 478 g/mol. The second-order valence-electron chi connectivity index (χ2n) is 8.81. The number of methoxy groups -OCH3 is 1. The fourth-order valence-electron chi connectivity index (χ4n) is 3.84. The molecule has 186 valence electrons. The number of halogens is 1. The number of fused-ring (bicyclic) bond motifs is 1. The molecule has 0 fully saturated rings. The standard InChI is InChI=1S/C24H32ClN3O5S/c1-16-13-27(3)17(2)15-33-22-12-19(26-34(30,31)20-9-6-18(25)7-10-20)8-11-21(22)24(29)28(4)14-23(16)32-5/h6-12,16-17,23,26H,13-15H2,1-5H3/t16-,17+,23-/m1/s1. The molecule has 3 rings (SSSR count). The van der Waals surface area contributed by atoms with Crippen molar-refractivity contribution < 1.29 is 22.7 Å². The summed E-state index contributed by atoms with van der Waals surface area (Å²) in [4.78, 5) is 17.1. The molecule has 0 unspecified atom stereocenters. The Labute approximate surface area is 206 Å². The van der Waals surface area contributed by atoms with E-state index in [0.717, 1.165) is 6.54 Å². The summed E-state index contributed by atoms with van der Waals surface area (Å²) < 4.78 is 39.9. The van der Waals surface area contributed by atoms with Crippen LogP contribution in [0.15, 0.2) is 47.4 Å². The van der Waals surface area contributed by atoms with Gasteiger partial charge in [-0.25, -0.2) is 8.42 Å². The molecule has 0 spiro atoms. The molecule has 0 radical (unpaired) electrons. The lowest BCUT2D eigenvalue weighted by Crippen LogP contribution is -2.45. The molecule has 2 aromatic carbocycles. The average molecular weight is 510 g/mol. The van der Waals surface area contributed by atoms with E-state index in [1.54, 1.807) is 37.3 Å². The summed E-state index contributed by atoms with van der Waals surface area (Å²) in [5.74, 6) is 0.296. The number of sulfonamides is 1. The number of benzene rings is 2. The number of hydrogen-bond donors (Lipinski definition) is 1. The van der Waals surface area contributed by atoms with E-state index < -0.39 is 10.0 Å². The minimum atomic E-state index is -3.84. The summed E-state index contributed by atoms with van der Waals surface area (Å²) in [6.07, 6.45) is -0.127. The average Bonchev–Trinajstić information content (AvgIpc) is 2.79. The van der Waals surface area contributed by atoms with Crippen molar-refractivity contribution in [3.05, 3.63) is 53.1 Å². The van der Waals surface area contributed by atoms with Gasteiger partial charge in [-0.1, -0.05) is 18.5 Å². The van der Waals surface area contributed by atoms with Crippen molar-refractivity contribution in [3.8, 4) is 5.75 Å². The molecule has 0 aliphatic carbocycles. The third kappa shape index (κ3) is 6.21. The van der Waals surface area contributed by atoms with Gasteiger partial charge in [0.2, 0.25) is 0 Å². The van der Waals surface area contributed by atoms with Crippen molar-refractivity contribution >= 4 is 33.2 Å². The van der Waals surface area contributed by atoms with E-state index in [0.29, 0.717) is 35.2 Å².